The smallest absolute Gasteiger partial charge is 0.188 e. The van der Waals surface area contributed by atoms with Gasteiger partial charge in [0.05, 0.1) is 19.8 Å². The van der Waals surface area contributed by atoms with Gasteiger partial charge in [0.2, 0.25) is 0 Å². The maximum absolute atomic E-state index is 11.2. The van der Waals surface area contributed by atoms with Gasteiger partial charge in [-0.05, 0) is 11.6 Å². The Morgan fingerprint density at radius 2 is 2.19 bits per heavy atom. The molecule has 0 bridgehead atoms. The Morgan fingerprint density at radius 1 is 1.38 bits per heavy atom. The standard InChI is InChI=1S/C12H16O4/c1-15-5-6-16-9-10-3-2-4-11(7-10)12(14)8-13/h2-4,7,13H,5-6,8-9H2,1H3. The average molecular weight is 224 g/mol. The largest absolute Gasteiger partial charge is 0.388 e. The number of rotatable bonds is 7. The van der Waals surface area contributed by atoms with Gasteiger partial charge in [-0.1, -0.05) is 18.2 Å². The van der Waals surface area contributed by atoms with Gasteiger partial charge < -0.3 is 14.6 Å². The van der Waals surface area contributed by atoms with Gasteiger partial charge in [-0.15, -0.1) is 0 Å². The van der Waals surface area contributed by atoms with Crippen LogP contribution in [0.2, 0.25) is 0 Å². The van der Waals surface area contributed by atoms with Crippen LogP contribution in [0.15, 0.2) is 24.3 Å². The van der Waals surface area contributed by atoms with E-state index in [1.807, 2.05) is 6.07 Å². The van der Waals surface area contributed by atoms with E-state index in [0.717, 1.165) is 5.56 Å². The van der Waals surface area contributed by atoms with Crippen molar-refractivity contribution in [1.29, 1.82) is 0 Å². The maximum Gasteiger partial charge on any atom is 0.188 e. The molecule has 0 saturated heterocycles. The normalized spacial score (nSPS) is 10.4. The summed E-state index contributed by atoms with van der Waals surface area (Å²) in [5.41, 5.74) is 1.42. The molecule has 0 spiro atoms. The van der Waals surface area contributed by atoms with Crippen molar-refractivity contribution in [2.24, 2.45) is 0 Å². The average Bonchev–Trinajstić information content (AvgIpc) is 2.34. The van der Waals surface area contributed by atoms with Gasteiger partial charge in [0.1, 0.15) is 6.61 Å². The number of methoxy groups -OCH3 is 1. The van der Waals surface area contributed by atoms with E-state index >= 15 is 0 Å². The number of aliphatic hydroxyl groups is 1. The van der Waals surface area contributed by atoms with Crippen LogP contribution in [-0.4, -0.2) is 37.8 Å². The third-order valence-corrected chi connectivity index (χ3v) is 2.09. The quantitative estimate of drug-likeness (QED) is 0.555. The molecule has 0 aliphatic rings. The summed E-state index contributed by atoms with van der Waals surface area (Å²) < 4.78 is 10.2. The lowest BCUT2D eigenvalue weighted by Crippen LogP contribution is -2.06. The van der Waals surface area contributed by atoms with E-state index in [0.29, 0.717) is 25.4 Å². The van der Waals surface area contributed by atoms with Crippen LogP contribution < -0.4 is 0 Å². The highest BCUT2D eigenvalue weighted by molar-refractivity contribution is 5.97. The number of carbonyl (C=O) groups excluding carboxylic acids is 1. The molecule has 0 heterocycles. The molecule has 1 rings (SSSR count). The highest BCUT2D eigenvalue weighted by Gasteiger charge is 2.04. The van der Waals surface area contributed by atoms with Crippen LogP contribution >= 0.6 is 0 Å². The monoisotopic (exact) mass is 224 g/mol. The second-order valence-corrected chi connectivity index (χ2v) is 3.33. The first-order chi connectivity index (χ1) is 7.77. The van der Waals surface area contributed by atoms with Gasteiger partial charge in [-0.3, -0.25) is 4.79 Å². The lowest BCUT2D eigenvalue weighted by atomic mass is 10.1. The van der Waals surface area contributed by atoms with Gasteiger partial charge in [0.15, 0.2) is 5.78 Å². The summed E-state index contributed by atoms with van der Waals surface area (Å²) in [5.74, 6) is -0.279. The van der Waals surface area contributed by atoms with E-state index in [2.05, 4.69) is 0 Å². The summed E-state index contributed by atoms with van der Waals surface area (Å²) in [7, 11) is 1.61. The Kier molecular flexibility index (Phi) is 5.71. The summed E-state index contributed by atoms with van der Waals surface area (Å²) in [6, 6.07) is 7.06. The number of hydrogen-bond acceptors (Lipinski definition) is 4. The molecule has 0 radical (unpaired) electrons. The van der Waals surface area contributed by atoms with Crippen molar-refractivity contribution in [2.75, 3.05) is 26.9 Å². The zero-order chi connectivity index (χ0) is 11.8. The minimum Gasteiger partial charge on any atom is -0.388 e. The van der Waals surface area contributed by atoms with Gasteiger partial charge >= 0.3 is 0 Å². The number of ketones is 1. The predicted octanol–water partition coefficient (Wildman–Crippen LogP) is 1.02. The van der Waals surface area contributed by atoms with E-state index < -0.39 is 6.61 Å². The van der Waals surface area contributed by atoms with Crippen LogP contribution in [0.5, 0.6) is 0 Å². The molecule has 0 atom stereocenters. The van der Waals surface area contributed by atoms with Gasteiger partial charge in [0, 0.05) is 12.7 Å². The topological polar surface area (TPSA) is 55.8 Å². The molecule has 1 aromatic rings. The maximum atomic E-state index is 11.2. The van der Waals surface area contributed by atoms with Crippen LogP contribution in [0.3, 0.4) is 0 Å². The van der Waals surface area contributed by atoms with Crippen molar-refractivity contribution >= 4 is 5.78 Å². The lowest BCUT2D eigenvalue weighted by molar-refractivity contribution is 0.0616. The van der Waals surface area contributed by atoms with Crippen LogP contribution in [-0.2, 0) is 16.1 Å². The molecule has 0 aliphatic carbocycles. The van der Waals surface area contributed by atoms with Gasteiger partial charge in [-0.25, -0.2) is 0 Å². The fourth-order valence-electron chi connectivity index (χ4n) is 1.26. The number of benzene rings is 1. The molecule has 0 fully saturated rings. The van der Waals surface area contributed by atoms with Crippen molar-refractivity contribution < 1.29 is 19.4 Å². The minimum atomic E-state index is -0.464. The molecule has 0 aromatic heterocycles. The van der Waals surface area contributed by atoms with Crippen molar-refractivity contribution in [3.63, 3.8) is 0 Å². The van der Waals surface area contributed by atoms with Gasteiger partial charge in [-0.2, -0.15) is 0 Å². The minimum absolute atomic E-state index is 0.279. The zero-order valence-electron chi connectivity index (χ0n) is 9.31. The first-order valence-corrected chi connectivity index (χ1v) is 5.07. The molecule has 0 amide bonds. The fraction of sp³-hybridized carbons (Fsp3) is 0.417. The molecule has 88 valence electrons. The molecule has 4 heteroatoms. The Morgan fingerprint density at radius 3 is 2.88 bits per heavy atom. The Balaban J connectivity index is 2.50. The summed E-state index contributed by atoms with van der Waals surface area (Å²) >= 11 is 0. The third-order valence-electron chi connectivity index (χ3n) is 2.09. The summed E-state index contributed by atoms with van der Waals surface area (Å²) in [6.07, 6.45) is 0. The molecular weight excluding hydrogens is 208 g/mol. The fourth-order valence-corrected chi connectivity index (χ4v) is 1.26. The number of ether oxygens (including phenoxy) is 2. The Hall–Kier alpha value is -1.23. The van der Waals surface area contributed by atoms with Crippen molar-refractivity contribution in [2.45, 2.75) is 6.61 Å². The Labute approximate surface area is 94.8 Å². The highest BCUT2D eigenvalue weighted by Crippen LogP contribution is 2.07. The first kappa shape index (κ1) is 12.8. The summed E-state index contributed by atoms with van der Waals surface area (Å²) in [6.45, 7) is 1.05. The van der Waals surface area contributed by atoms with E-state index in [9.17, 15) is 4.79 Å². The number of aliphatic hydroxyl groups excluding tert-OH is 1. The SMILES string of the molecule is COCCOCc1cccc(C(=O)CO)c1. The van der Waals surface area contributed by atoms with Crippen LogP contribution in [0.25, 0.3) is 0 Å². The zero-order valence-corrected chi connectivity index (χ0v) is 9.31. The molecule has 1 N–H and O–H groups in total. The lowest BCUT2D eigenvalue weighted by Gasteiger charge is -2.05. The molecule has 16 heavy (non-hydrogen) atoms. The first-order valence-electron chi connectivity index (χ1n) is 5.07. The molecule has 0 saturated carbocycles. The second kappa shape index (κ2) is 7.11. The third kappa shape index (κ3) is 4.10. The number of hydrogen-bond donors (Lipinski definition) is 1. The van der Waals surface area contributed by atoms with Crippen LogP contribution in [0.4, 0.5) is 0 Å². The molecule has 1 aromatic carbocycles. The van der Waals surface area contributed by atoms with E-state index in [1.165, 1.54) is 0 Å². The number of Topliss-reactive ketones (excluding diaryl/α,β-unsaturated/α-hetero) is 1. The van der Waals surface area contributed by atoms with Crippen molar-refractivity contribution in [3.05, 3.63) is 35.4 Å². The van der Waals surface area contributed by atoms with E-state index in [1.54, 1.807) is 25.3 Å². The van der Waals surface area contributed by atoms with E-state index in [-0.39, 0.29) is 5.78 Å². The van der Waals surface area contributed by atoms with Gasteiger partial charge in [0.25, 0.3) is 0 Å². The van der Waals surface area contributed by atoms with Crippen molar-refractivity contribution in [1.82, 2.24) is 0 Å². The molecule has 4 nitrogen and oxygen atoms in total. The second-order valence-electron chi connectivity index (χ2n) is 3.33. The Bertz CT molecular complexity index is 336. The molecule has 0 aliphatic heterocycles. The van der Waals surface area contributed by atoms with Crippen LogP contribution in [0, 0.1) is 0 Å². The molecular formula is C12H16O4. The predicted molar refractivity (Wildman–Crippen MR) is 59.4 cm³/mol. The van der Waals surface area contributed by atoms with Crippen molar-refractivity contribution in [3.8, 4) is 0 Å². The van der Waals surface area contributed by atoms with E-state index in [4.69, 9.17) is 14.6 Å². The summed E-state index contributed by atoms with van der Waals surface area (Å²) in [4.78, 5) is 11.2. The highest BCUT2D eigenvalue weighted by atomic mass is 16.5. The number of carbonyl (C=O) groups is 1. The van der Waals surface area contributed by atoms with Crippen LogP contribution in [0.1, 0.15) is 15.9 Å². The molecule has 0 unspecified atom stereocenters. The summed E-state index contributed by atoms with van der Waals surface area (Å²) in [5, 5.41) is 8.73.